The minimum absolute atomic E-state index is 0.258. The van der Waals surface area contributed by atoms with Crippen LogP contribution < -0.4 is 14.8 Å². The van der Waals surface area contributed by atoms with Gasteiger partial charge < -0.3 is 14.2 Å². The summed E-state index contributed by atoms with van der Waals surface area (Å²) in [7, 11) is 3.12. The Morgan fingerprint density at radius 3 is 2.60 bits per heavy atom. The molecule has 2 bridgehead atoms. The first-order chi connectivity index (χ1) is 12.1. The summed E-state index contributed by atoms with van der Waals surface area (Å²) in [6, 6.07) is 5.43. The van der Waals surface area contributed by atoms with Crippen LogP contribution in [-0.2, 0) is 4.74 Å². The number of methoxy groups -OCH3 is 2. The van der Waals surface area contributed by atoms with E-state index in [1.807, 2.05) is 0 Å². The molecule has 0 spiro atoms. The van der Waals surface area contributed by atoms with Gasteiger partial charge >= 0.3 is 6.09 Å². The Labute approximate surface area is 148 Å². The Kier molecular flexibility index (Phi) is 5.34. The number of amides is 1. The molecule has 134 valence electrons. The van der Waals surface area contributed by atoms with Crippen LogP contribution in [0.1, 0.15) is 12.8 Å². The van der Waals surface area contributed by atoms with Gasteiger partial charge in [0.25, 0.3) is 0 Å². The molecule has 1 amide bonds. The number of carbonyl (C=O) groups is 1. The summed E-state index contributed by atoms with van der Waals surface area (Å²) < 4.78 is 15.8. The molecule has 6 heteroatoms. The molecule has 0 saturated carbocycles. The molecular formula is C19H24N2O4. The van der Waals surface area contributed by atoms with Gasteiger partial charge in [0, 0.05) is 36.7 Å². The number of carbonyl (C=O) groups excluding carboxylic acids is 1. The number of hydrogen-bond donors (Lipinski definition) is 1. The predicted octanol–water partition coefficient (Wildman–Crippen LogP) is 2.60. The molecule has 4 rings (SSSR count). The summed E-state index contributed by atoms with van der Waals surface area (Å²) in [6.07, 6.45) is 7.25. The van der Waals surface area contributed by atoms with E-state index >= 15 is 0 Å². The van der Waals surface area contributed by atoms with Gasteiger partial charge in [0.05, 0.1) is 19.9 Å². The second-order valence-corrected chi connectivity index (χ2v) is 6.53. The molecule has 3 heterocycles. The number of anilines is 1. The summed E-state index contributed by atoms with van der Waals surface area (Å²) in [5, 5.41) is 2.72. The molecule has 3 saturated heterocycles. The van der Waals surface area contributed by atoms with Crippen LogP contribution in [0.2, 0.25) is 0 Å². The van der Waals surface area contributed by atoms with Crippen molar-refractivity contribution in [3.63, 3.8) is 0 Å². The number of piperidine rings is 3. The Hall–Kier alpha value is -2.39. The number of hydrogen-bond acceptors (Lipinski definition) is 5. The van der Waals surface area contributed by atoms with Crippen LogP contribution in [0.3, 0.4) is 0 Å². The highest BCUT2D eigenvalue weighted by atomic mass is 16.5. The summed E-state index contributed by atoms with van der Waals surface area (Å²) in [4.78, 5) is 14.5. The fourth-order valence-corrected chi connectivity index (χ4v) is 3.71. The van der Waals surface area contributed by atoms with Gasteiger partial charge in [0.1, 0.15) is 18.1 Å². The highest BCUT2D eigenvalue weighted by molar-refractivity contribution is 5.85. The smallest absolute Gasteiger partial charge is 0.411 e. The van der Waals surface area contributed by atoms with Gasteiger partial charge in [-0.25, -0.2) is 4.79 Å². The number of nitrogens with zero attached hydrogens (tertiary/aromatic N) is 1. The van der Waals surface area contributed by atoms with Crippen LogP contribution in [0.5, 0.6) is 11.5 Å². The number of ether oxygens (including phenoxy) is 3. The number of benzene rings is 1. The van der Waals surface area contributed by atoms with Gasteiger partial charge in [-0.15, -0.1) is 12.3 Å². The van der Waals surface area contributed by atoms with Crippen molar-refractivity contribution in [1.82, 2.24) is 4.90 Å². The fourth-order valence-electron chi connectivity index (χ4n) is 3.71. The lowest BCUT2D eigenvalue weighted by atomic mass is 9.76. The minimum atomic E-state index is -0.480. The Bertz CT molecular complexity index is 648. The molecule has 25 heavy (non-hydrogen) atoms. The quantitative estimate of drug-likeness (QED) is 0.832. The third-order valence-corrected chi connectivity index (χ3v) is 5.10. The Morgan fingerprint density at radius 2 is 2.04 bits per heavy atom. The van der Waals surface area contributed by atoms with E-state index in [1.54, 1.807) is 32.4 Å². The normalized spacial score (nSPS) is 27.2. The first-order valence-corrected chi connectivity index (χ1v) is 8.50. The Morgan fingerprint density at radius 1 is 1.32 bits per heavy atom. The van der Waals surface area contributed by atoms with Crippen LogP contribution in [0.25, 0.3) is 0 Å². The van der Waals surface area contributed by atoms with Crippen molar-refractivity contribution < 1.29 is 19.0 Å². The number of nitrogens with one attached hydrogen (secondary N) is 1. The summed E-state index contributed by atoms with van der Waals surface area (Å²) in [6.45, 7) is 2.32. The van der Waals surface area contributed by atoms with E-state index in [0.29, 0.717) is 35.6 Å². The van der Waals surface area contributed by atoms with Gasteiger partial charge in [-0.2, -0.15) is 0 Å². The highest BCUT2D eigenvalue weighted by Gasteiger charge is 2.39. The first-order valence-electron chi connectivity index (χ1n) is 8.50. The van der Waals surface area contributed by atoms with E-state index in [2.05, 4.69) is 16.1 Å². The minimum Gasteiger partial charge on any atom is -0.497 e. The molecule has 4 atom stereocenters. The van der Waals surface area contributed by atoms with Crippen LogP contribution in [0.15, 0.2) is 18.2 Å². The molecule has 0 radical (unpaired) electrons. The maximum atomic E-state index is 12.1. The lowest BCUT2D eigenvalue weighted by Crippen LogP contribution is -2.54. The second kappa shape index (κ2) is 7.66. The Balaban J connectivity index is 1.53. The SMILES string of the molecule is C#C[C@H]1CN2CC[C@H]1C[C@@H]2COC(=O)Nc1cc(OC)cc(OC)c1. The number of fused-ring (bicyclic) bond motifs is 3. The van der Waals surface area contributed by atoms with Crippen molar-refractivity contribution in [2.24, 2.45) is 11.8 Å². The zero-order valence-electron chi connectivity index (χ0n) is 14.7. The molecule has 1 N–H and O–H groups in total. The lowest BCUT2D eigenvalue weighted by Gasteiger charge is -2.48. The molecule has 0 aliphatic carbocycles. The second-order valence-electron chi connectivity index (χ2n) is 6.53. The van der Waals surface area contributed by atoms with Crippen molar-refractivity contribution in [2.45, 2.75) is 18.9 Å². The van der Waals surface area contributed by atoms with E-state index in [0.717, 1.165) is 25.9 Å². The topological polar surface area (TPSA) is 60.0 Å². The fraction of sp³-hybridized carbons (Fsp3) is 0.526. The van der Waals surface area contributed by atoms with E-state index in [9.17, 15) is 4.79 Å². The van der Waals surface area contributed by atoms with Crippen LogP contribution in [0.4, 0.5) is 10.5 Å². The van der Waals surface area contributed by atoms with E-state index in [-0.39, 0.29) is 6.04 Å². The molecule has 1 aromatic carbocycles. The van der Waals surface area contributed by atoms with Gasteiger partial charge in [-0.1, -0.05) is 0 Å². The maximum absolute atomic E-state index is 12.1. The van der Waals surface area contributed by atoms with Gasteiger partial charge in [0.15, 0.2) is 0 Å². The molecule has 1 aromatic rings. The van der Waals surface area contributed by atoms with E-state index in [4.69, 9.17) is 20.6 Å². The predicted molar refractivity (Wildman–Crippen MR) is 94.9 cm³/mol. The van der Waals surface area contributed by atoms with E-state index < -0.39 is 6.09 Å². The molecule has 3 aliphatic rings. The lowest BCUT2D eigenvalue weighted by molar-refractivity contribution is -0.00665. The third-order valence-electron chi connectivity index (χ3n) is 5.10. The van der Waals surface area contributed by atoms with Crippen molar-refractivity contribution in [2.75, 3.05) is 39.2 Å². The van der Waals surface area contributed by atoms with Crippen molar-refractivity contribution in [1.29, 1.82) is 0 Å². The zero-order chi connectivity index (χ0) is 17.8. The van der Waals surface area contributed by atoms with Crippen molar-refractivity contribution in [3.8, 4) is 23.8 Å². The van der Waals surface area contributed by atoms with Gasteiger partial charge in [-0.05, 0) is 25.3 Å². The van der Waals surface area contributed by atoms with Crippen LogP contribution >= 0.6 is 0 Å². The molecule has 3 fully saturated rings. The average Bonchev–Trinajstić information content (AvgIpc) is 2.66. The molecule has 6 nitrogen and oxygen atoms in total. The molecule has 3 aliphatic heterocycles. The van der Waals surface area contributed by atoms with Crippen LogP contribution in [0, 0.1) is 24.2 Å². The first kappa shape index (κ1) is 17.4. The number of rotatable bonds is 5. The largest absolute Gasteiger partial charge is 0.497 e. The summed E-state index contributed by atoms with van der Waals surface area (Å²) in [5.74, 6) is 4.98. The maximum Gasteiger partial charge on any atom is 0.411 e. The third kappa shape index (κ3) is 3.99. The molecular weight excluding hydrogens is 320 g/mol. The van der Waals surface area contributed by atoms with E-state index in [1.165, 1.54) is 0 Å². The highest BCUT2D eigenvalue weighted by Crippen LogP contribution is 2.36. The summed E-state index contributed by atoms with van der Waals surface area (Å²) in [5.41, 5.74) is 0.569. The van der Waals surface area contributed by atoms with Gasteiger partial charge in [0.2, 0.25) is 0 Å². The monoisotopic (exact) mass is 344 g/mol. The zero-order valence-corrected chi connectivity index (χ0v) is 14.7. The standard InChI is InChI=1S/C19H24N2O4/c1-4-13-11-21-6-5-14(13)7-16(21)12-25-19(22)20-15-8-17(23-2)10-18(9-15)24-3/h1,8-10,13-14,16H,5-7,11-12H2,2-3H3,(H,20,22)/t13-,14-,16+/m0/s1. The summed E-state index contributed by atoms with van der Waals surface area (Å²) >= 11 is 0. The molecule has 0 aromatic heterocycles. The van der Waals surface area contributed by atoms with Gasteiger partial charge in [-0.3, -0.25) is 10.2 Å². The number of terminal acetylenes is 1. The average molecular weight is 344 g/mol. The van der Waals surface area contributed by atoms with Crippen molar-refractivity contribution in [3.05, 3.63) is 18.2 Å². The van der Waals surface area contributed by atoms with Crippen molar-refractivity contribution >= 4 is 11.8 Å². The molecule has 1 unspecified atom stereocenters. The van der Waals surface area contributed by atoms with Crippen LogP contribution in [-0.4, -0.2) is 51.0 Å².